The first-order chi connectivity index (χ1) is 15.5. The number of carbonyl (C=O) groups excluding carboxylic acids is 2. The highest BCUT2D eigenvalue weighted by Gasteiger charge is 2.12. The number of benzene rings is 3. The van der Waals surface area contributed by atoms with Crippen LogP contribution >= 0.6 is 0 Å². The molecular weight excluding hydrogens is 411 g/mol. The summed E-state index contributed by atoms with van der Waals surface area (Å²) in [5.41, 5.74) is 4.80. The molecule has 3 aromatic rings. The minimum Gasteiger partial charge on any atom is -0.489 e. The lowest BCUT2D eigenvalue weighted by Gasteiger charge is -2.06. The Bertz CT molecular complexity index is 1150. The second-order valence-electron chi connectivity index (χ2n) is 6.67. The summed E-state index contributed by atoms with van der Waals surface area (Å²) in [5, 5.41) is 14.9. The molecule has 2 N–H and O–H groups in total. The lowest BCUT2D eigenvalue weighted by molar-refractivity contribution is -0.136. The average Bonchev–Trinajstić information content (AvgIpc) is 2.80. The summed E-state index contributed by atoms with van der Waals surface area (Å²) in [4.78, 5) is 23.8. The Morgan fingerprint density at radius 3 is 2.44 bits per heavy atom. The van der Waals surface area contributed by atoms with Gasteiger partial charge in [0.25, 0.3) is 0 Å². The summed E-state index contributed by atoms with van der Waals surface area (Å²) >= 11 is 0. The molecule has 0 heterocycles. The number of hydrazone groups is 1. The molecule has 3 rings (SSSR count). The van der Waals surface area contributed by atoms with Crippen molar-refractivity contribution in [2.75, 3.05) is 5.32 Å². The van der Waals surface area contributed by atoms with Crippen LogP contribution in [0.2, 0.25) is 0 Å². The number of halogens is 1. The van der Waals surface area contributed by atoms with Crippen LogP contribution in [0.3, 0.4) is 0 Å². The Labute approximate surface area is 184 Å². The summed E-state index contributed by atoms with van der Waals surface area (Å²) in [6, 6.07) is 21.7. The molecule has 0 unspecified atom stereocenters. The van der Waals surface area contributed by atoms with E-state index in [0.717, 1.165) is 11.1 Å². The molecular formula is C24H19FN4O3. The van der Waals surface area contributed by atoms with Crippen molar-refractivity contribution in [3.8, 4) is 11.8 Å². The van der Waals surface area contributed by atoms with E-state index in [1.54, 1.807) is 60.7 Å². The van der Waals surface area contributed by atoms with Gasteiger partial charge in [0.05, 0.1) is 18.7 Å². The van der Waals surface area contributed by atoms with Crippen molar-refractivity contribution in [2.45, 2.75) is 13.0 Å². The zero-order valence-electron chi connectivity index (χ0n) is 16.9. The number of rotatable bonds is 7. The van der Waals surface area contributed by atoms with Gasteiger partial charge in [-0.05, 0) is 65.2 Å². The van der Waals surface area contributed by atoms with Crippen LogP contribution in [0.25, 0.3) is 0 Å². The largest absolute Gasteiger partial charge is 0.489 e. The van der Waals surface area contributed by atoms with Gasteiger partial charge in [-0.1, -0.05) is 24.3 Å². The van der Waals surface area contributed by atoms with E-state index in [4.69, 9.17) is 10.00 Å². The fraction of sp³-hybridized carbons (Fsp3) is 0.0833. The monoisotopic (exact) mass is 430 g/mol. The second-order valence-corrected chi connectivity index (χ2v) is 6.67. The molecule has 0 saturated carbocycles. The number of carbonyl (C=O) groups is 2. The molecule has 0 radical (unpaired) electrons. The normalized spacial score (nSPS) is 10.4. The first-order valence-electron chi connectivity index (χ1n) is 9.61. The predicted octanol–water partition coefficient (Wildman–Crippen LogP) is 3.56. The number of nitriles is 1. The first kappa shape index (κ1) is 22.2. The van der Waals surface area contributed by atoms with Gasteiger partial charge in [0.2, 0.25) is 0 Å². The van der Waals surface area contributed by atoms with E-state index < -0.39 is 11.8 Å². The van der Waals surface area contributed by atoms with Crippen molar-refractivity contribution >= 4 is 23.7 Å². The van der Waals surface area contributed by atoms with Crippen LogP contribution in [-0.4, -0.2) is 18.0 Å². The molecule has 0 aliphatic heterocycles. The Kier molecular flexibility index (Phi) is 7.65. The van der Waals surface area contributed by atoms with Gasteiger partial charge in [-0.2, -0.15) is 10.4 Å². The highest BCUT2D eigenvalue weighted by atomic mass is 19.1. The van der Waals surface area contributed by atoms with Crippen LogP contribution in [-0.2, 0) is 22.6 Å². The third-order valence-electron chi connectivity index (χ3n) is 4.26. The number of hydrogen-bond donors (Lipinski definition) is 2. The summed E-state index contributed by atoms with van der Waals surface area (Å²) in [7, 11) is 0. The average molecular weight is 430 g/mol. The predicted molar refractivity (Wildman–Crippen MR) is 117 cm³/mol. The van der Waals surface area contributed by atoms with E-state index in [1.165, 1.54) is 18.3 Å². The molecule has 0 aromatic heterocycles. The van der Waals surface area contributed by atoms with Crippen LogP contribution in [0.1, 0.15) is 16.7 Å². The molecule has 0 fully saturated rings. The molecule has 0 aliphatic carbocycles. The van der Waals surface area contributed by atoms with Gasteiger partial charge < -0.3 is 10.1 Å². The minimum atomic E-state index is -0.919. The molecule has 8 heteroatoms. The topological polar surface area (TPSA) is 104 Å². The van der Waals surface area contributed by atoms with Gasteiger partial charge in [-0.3, -0.25) is 9.59 Å². The van der Waals surface area contributed by atoms with Gasteiger partial charge in [-0.25, -0.2) is 9.82 Å². The Balaban J connectivity index is 1.45. The lowest BCUT2D eigenvalue weighted by Crippen LogP contribution is -2.32. The third-order valence-corrected chi connectivity index (χ3v) is 4.26. The van der Waals surface area contributed by atoms with Gasteiger partial charge in [-0.15, -0.1) is 0 Å². The summed E-state index contributed by atoms with van der Waals surface area (Å²) in [5.74, 6) is -1.51. The minimum absolute atomic E-state index is 0.234. The smallest absolute Gasteiger partial charge is 0.329 e. The van der Waals surface area contributed by atoms with Crippen molar-refractivity contribution < 1.29 is 18.7 Å². The van der Waals surface area contributed by atoms with E-state index in [1.807, 2.05) is 6.07 Å². The SMILES string of the molecule is N#CCc1ccc(NC(=O)C(=O)NN=Cc2ccc(OCc3cccc(F)c3)cc2)cc1. The molecule has 160 valence electrons. The van der Waals surface area contributed by atoms with Gasteiger partial charge in [0.1, 0.15) is 18.2 Å². The Morgan fingerprint density at radius 1 is 1.00 bits per heavy atom. The molecule has 32 heavy (non-hydrogen) atoms. The van der Waals surface area contributed by atoms with E-state index in [0.29, 0.717) is 17.0 Å². The highest BCUT2D eigenvalue weighted by Crippen LogP contribution is 2.14. The maximum atomic E-state index is 13.2. The van der Waals surface area contributed by atoms with E-state index in [-0.39, 0.29) is 18.8 Å². The number of ether oxygens (including phenoxy) is 1. The molecule has 0 aliphatic rings. The molecule has 2 amide bonds. The number of anilines is 1. The fourth-order valence-electron chi connectivity index (χ4n) is 2.64. The highest BCUT2D eigenvalue weighted by molar-refractivity contribution is 6.39. The van der Waals surface area contributed by atoms with Gasteiger partial charge >= 0.3 is 11.8 Å². The van der Waals surface area contributed by atoms with Crippen LogP contribution in [0.15, 0.2) is 77.9 Å². The van der Waals surface area contributed by atoms with Crippen molar-refractivity contribution in [3.05, 3.63) is 95.3 Å². The second kappa shape index (κ2) is 11.0. The molecule has 0 saturated heterocycles. The van der Waals surface area contributed by atoms with Crippen molar-refractivity contribution in [2.24, 2.45) is 5.10 Å². The van der Waals surface area contributed by atoms with Crippen LogP contribution < -0.4 is 15.5 Å². The zero-order chi connectivity index (χ0) is 22.8. The van der Waals surface area contributed by atoms with Crippen molar-refractivity contribution in [3.63, 3.8) is 0 Å². The zero-order valence-corrected chi connectivity index (χ0v) is 16.9. The van der Waals surface area contributed by atoms with Crippen LogP contribution in [0.4, 0.5) is 10.1 Å². The first-order valence-corrected chi connectivity index (χ1v) is 9.61. The molecule has 0 atom stereocenters. The standard InChI is InChI=1S/C24H19FN4O3/c25-20-3-1-2-19(14-20)16-32-22-10-6-18(7-11-22)15-27-29-24(31)23(30)28-21-8-4-17(5-9-21)12-13-26/h1-11,14-15H,12,16H2,(H,28,30)(H,29,31). The number of nitrogens with one attached hydrogen (secondary N) is 2. The van der Waals surface area contributed by atoms with Crippen LogP contribution in [0.5, 0.6) is 5.75 Å². The van der Waals surface area contributed by atoms with Crippen molar-refractivity contribution in [1.82, 2.24) is 5.43 Å². The third kappa shape index (κ3) is 6.78. The van der Waals surface area contributed by atoms with Gasteiger partial charge in [0.15, 0.2) is 0 Å². The Morgan fingerprint density at radius 2 is 1.75 bits per heavy atom. The molecule has 0 spiro atoms. The summed E-state index contributed by atoms with van der Waals surface area (Å²) < 4.78 is 18.8. The van der Waals surface area contributed by atoms with Crippen molar-refractivity contribution in [1.29, 1.82) is 5.26 Å². The number of hydrogen-bond acceptors (Lipinski definition) is 5. The summed E-state index contributed by atoms with van der Waals surface area (Å²) in [6.45, 7) is 0.234. The Hall–Kier alpha value is -4.51. The molecule has 0 bridgehead atoms. The number of nitrogens with zero attached hydrogens (tertiary/aromatic N) is 2. The number of amides is 2. The van der Waals surface area contributed by atoms with Crippen LogP contribution in [0, 0.1) is 17.1 Å². The molecule has 3 aromatic carbocycles. The fourth-order valence-corrected chi connectivity index (χ4v) is 2.64. The van der Waals surface area contributed by atoms with E-state index in [2.05, 4.69) is 15.8 Å². The van der Waals surface area contributed by atoms with E-state index in [9.17, 15) is 14.0 Å². The molecule has 7 nitrogen and oxygen atoms in total. The van der Waals surface area contributed by atoms with Gasteiger partial charge in [0, 0.05) is 5.69 Å². The summed E-state index contributed by atoms with van der Waals surface area (Å²) in [6.07, 6.45) is 1.65. The quantitative estimate of drug-likeness (QED) is 0.340. The maximum Gasteiger partial charge on any atom is 0.329 e. The lowest BCUT2D eigenvalue weighted by atomic mass is 10.1. The maximum absolute atomic E-state index is 13.2. The van der Waals surface area contributed by atoms with E-state index >= 15 is 0 Å².